The summed E-state index contributed by atoms with van der Waals surface area (Å²) in [6, 6.07) is 0. The molecule has 12 heavy (non-hydrogen) atoms. The van der Waals surface area contributed by atoms with E-state index in [9.17, 15) is 9.59 Å². The first-order chi connectivity index (χ1) is 5.61. The molecule has 0 aliphatic carbocycles. The highest BCUT2D eigenvalue weighted by Gasteiger charge is 2.63. The number of carbonyl (C=O) groups is 2. The highest BCUT2D eigenvalue weighted by Crippen LogP contribution is 2.38. The number of ether oxygens (including phenoxy) is 2. The minimum Gasteiger partial charge on any atom is -0.479 e. The summed E-state index contributed by atoms with van der Waals surface area (Å²) < 4.78 is 9.39. The Morgan fingerprint density at radius 2 is 1.25 bits per heavy atom. The van der Waals surface area contributed by atoms with Gasteiger partial charge in [-0.3, -0.25) is 0 Å². The predicted octanol–water partition coefficient (Wildman–Crippen LogP) is -1.31. The summed E-state index contributed by atoms with van der Waals surface area (Å²) in [5.41, 5.74) is 0. The fourth-order valence-corrected chi connectivity index (χ4v) is 1.14. The number of hydrogen-bond donors (Lipinski definition) is 2. The first kappa shape index (κ1) is 7.51. The van der Waals surface area contributed by atoms with E-state index in [1.54, 1.807) is 0 Å². The lowest BCUT2D eigenvalue weighted by Gasteiger charge is -1.81. The van der Waals surface area contributed by atoms with Crippen molar-refractivity contribution in [1.82, 2.24) is 0 Å². The summed E-state index contributed by atoms with van der Waals surface area (Å²) in [7, 11) is 0. The normalized spacial score (nSPS) is 43.7. The lowest BCUT2D eigenvalue weighted by Crippen LogP contribution is -2.16. The number of carboxylic acids is 2. The van der Waals surface area contributed by atoms with Gasteiger partial charge in [0.05, 0.1) is 0 Å². The molecule has 6 heteroatoms. The van der Waals surface area contributed by atoms with Gasteiger partial charge in [0.1, 0.15) is 12.2 Å². The molecule has 2 rings (SSSR count). The fourth-order valence-electron chi connectivity index (χ4n) is 1.14. The van der Waals surface area contributed by atoms with Crippen LogP contribution in [0.15, 0.2) is 0 Å². The first-order valence-corrected chi connectivity index (χ1v) is 3.38. The SMILES string of the molecule is O=C(O)C1OC1C1OC1C(=O)O. The van der Waals surface area contributed by atoms with Crippen molar-refractivity contribution in [3.05, 3.63) is 0 Å². The van der Waals surface area contributed by atoms with Gasteiger partial charge < -0.3 is 19.7 Å². The quantitative estimate of drug-likeness (QED) is 0.515. The third kappa shape index (κ3) is 1.05. The summed E-state index contributed by atoms with van der Waals surface area (Å²) in [5, 5.41) is 16.8. The number of rotatable bonds is 3. The fraction of sp³-hybridized carbons (Fsp3) is 0.667. The molecule has 66 valence electrons. The van der Waals surface area contributed by atoms with Crippen LogP contribution in [0.4, 0.5) is 0 Å². The molecule has 0 radical (unpaired) electrons. The minimum atomic E-state index is -1.07. The molecule has 0 aromatic carbocycles. The molecule has 0 amide bonds. The van der Waals surface area contributed by atoms with E-state index in [0.29, 0.717) is 0 Å². The second-order valence-electron chi connectivity index (χ2n) is 2.72. The molecule has 4 atom stereocenters. The van der Waals surface area contributed by atoms with Crippen LogP contribution in [0.3, 0.4) is 0 Å². The zero-order valence-electron chi connectivity index (χ0n) is 5.84. The molecule has 2 fully saturated rings. The molecule has 2 aliphatic rings. The lowest BCUT2D eigenvalue weighted by molar-refractivity contribution is -0.139. The van der Waals surface area contributed by atoms with Crippen LogP contribution in [-0.2, 0) is 19.1 Å². The molecule has 0 aromatic heterocycles. The smallest absolute Gasteiger partial charge is 0.335 e. The Morgan fingerprint density at radius 1 is 0.917 bits per heavy atom. The Kier molecular flexibility index (Phi) is 1.36. The zero-order chi connectivity index (χ0) is 8.88. The Labute approximate surface area is 66.7 Å². The Hall–Kier alpha value is -1.14. The van der Waals surface area contributed by atoms with Crippen molar-refractivity contribution in [3.8, 4) is 0 Å². The number of aliphatic carboxylic acids is 2. The highest BCUT2D eigenvalue weighted by molar-refractivity contribution is 5.79. The van der Waals surface area contributed by atoms with Gasteiger partial charge in [-0.05, 0) is 0 Å². The monoisotopic (exact) mass is 174 g/mol. The van der Waals surface area contributed by atoms with Crippen molar-refractivity contribution in [3.63, 3.8) is 0 Å². The molecule has 0 spiro atoms. The average molecular weight is 174 g/mol. The second-order valence-corrected chi connectivity index (χ2v) is 2.72. The van der Waals surface area contributed by atoms with Crippen molar-refractivity contribution in [2.45, 2.75) is 24.4 Å². The van der Waals surface area contributed by atoms with Gasteiger partial charge in [0.2, 0.25) is 0 Å². The predicted molar refractivity (Wildman–Crippen MR) is 32.6 cm³/mol. The summed E-state index contributed by atoms with van der Waals surface area (Å²) in [6.45, 7) is 0. The molecule has 2 aliphatic heterocycles. The minimum absolute atomic E-state index is 0.566. The van der Waals surface area contributed by atoms with Gasteiger partial charge in [-0.1, -0.05) is 0 Å². The Balaban J connectivity index is 1.85. The van der Waals surface area contributed by atoms with E-state index >= 15 is 0 Å². The van der Waals surface area contributed by atoms with Crippen LogP contribution in [0.5, 0.6) is 0 Å². The molecule has 0 bridgehead atoms. The van der Waals surface area contributed by atoms with E-state index in [2.05, 4.69) is 0 Å². The van der Waals surface area contributed by atoms with Gasteiger partial charge in [0.25, 0.3) is 0 Å². The van der Waals surface area contributed by atoms with Crippen LogP contribution in [0.2, 0.25) is 0 Å². The molecular weight excluding hydrogens is 168 g/mol. The van der Waals surface area contributed by atoms with E-state index in [-0.39, 0.29) is 0 Å². The molecule has 2 heterocycles. The zero-order valence-corrected chi connectivity index (χ0v) is 5.84. The molecule has 0 aromatic rings. The van der Waals surface area contributed by atoms with E-state index in [1.165, 1.54) is 0 Å². The van der Waals surface area contributed by atoms with E-state index in [1.807, 2.05) is 0 Å². The van der Waals surface area contributed by atoms with Crippen LogP contribution in [-0.4, -0.2) is 46.6 Å². The van der Waals surface area contributed by atoms with Crippen LogP contribution in [0.25, 0.3) is 0 Å². The largest absolute Gasteiger partial charge is 0.479 e. The lowest BCUT2D eigenvalue weighted by atomic mass is 10.2. The van der Waals surface area contributed by atoms with Crippen LogP contribution < -0.4 is 0 Å². The second kappa shape index (κ2) is 2.18. The number of carboxylic acid groups (broad SMARTS) is 2. The highest BCUT2D eigenvalue weighted by atomic mass is 16.7. The summed E-state index contributed by atoms with van der Waals surface area (Å²) in [5.74, 6) is -2.14. The molecule has 2 saturated heterocycles. The van der Waals surface area contributed by atoms with Crippen molar-refractivity contribution in [2.75, 3.05) is 0 Å². The van der Waals surface area contributed by atoms with Crippen molar-refractivity contribution in [1.29, 1.82) is 0 Å². The number of hydrogen-bond acceptors (Lipinski definition) is 4. The molecule has 0 saturated carbocycles. The molecule has 2 N–H and O–H groups in total. The number of epoxide rings is 2. The van der Waals surface area contributed by atoms with Crippen molar-refractivity contribution < 1.29 is 29.3 Å². The van der Waals surface area contributed by atoms with Gasteiger partial charge in [-0.2, -0.15) is 0 Å². The van der Waals surface area contributed by atoms with Crippen LogP contribution in [0, 0.1) is 0 Å². The third-order valence-electron chi connectivity index (χ3n) is 1.86. The van der Waals surface area contributed by atoms with Crippen LogP contribution in [0.1, 0.15) is 0 Å². The van der Waals surface area contributed by atoms with Crippen molar-refractivity contribution in [2.24, 2.45) is 0 Å². The summed E-state index contributed by atoms with van der Waals surface area (Å²) >= 11 is 0. The van der Waals surface area contributed by atoms with Gasteiger partial charge in [0.15, 0.2) is 12.2 Å². The van der Waals surface area contributed by atoms with E-state index < -0.39 is 36.4 Å². The molecular formula is C6H6O6. The Morgan fingerprint density at radius 3 is 1.42 bits per heavy atom. The maximum atomic E-state index is 10.3. The average Bonchev–Trinajstić information content (AvgIpc) is 2.82. The van der Waals surface area contributed by atoms with E-state index in [4.69, 9.17) is 19.7 Å². The molecule has 4 unspecified atom stereocenters. The Bertz CT molecular complexity index is 222. The van der Waals surface area contributed by atoms with Crippen molar-refractivity contribution >= 4 is 11.9 Å². The van der Waals surface area contributed by atoms with Gasteiger partial charge in [-0.25, -0.2) is 9.59 Å². The maximum Gasteiger partial charge on any atom is 0.335 e. The maximum absolute atomic E-state index is 10.3. The summed E-state index contributed by atoms with van der Waals surface area (Å²) in [4.78, 5) is 20.5. The van der Waals surface area contributed by atoms with Gasteiger partial charge >= 0.3 is 11.9 Å². The van der Waals surface area contributed by atoms with Gasteiger partial charge in [-0.15, -0.1) is 0 Å². The molecule has 6 nitrogen and oxygen atoms in total. The topological polar surface area (TPSA) is 99.7 Å². The van der Waals surface area contributed by atoms with E-state index in [0.717, 1.165) is 0 Å². The van der Waals surface area contributed by atoms with Crippen LogP contribution >= 0.6 is 0 Å². The first-order valence-electron chi connectivity index (χ1n) is 3.38. The third-order valence-corrected chi connectivity index (χ3v) is 1.86. The summed E-state index contributed by atoms with van der Waals surface area (Å²) in [6.07, 6.45) is -2.88. The van der Waals surface area contributed by atoms with Gasteiger partial charge in [0, 0.05) is 0 Å². The standard InChI is InChI=1S/C6H6O6/c7-5(8)3-1(11-3)2-4(12-2)6(9)10/h1-4H,(H,7,8)(H,9,10).